The first kappa shape index (κ1) is 15.5. The molecule has 1 heterocycles. The van der Waals surface area contributed by atoms with E-state index in [9.17, 15) is 9.59 Å². The Kier molecular flexibility index (Phi) is 6.14. The SMILES string of the molecule is CC(C)(N)CNC(=O)CN1CCSC1=O.Cl. The number of amides is 2. The molecule has 5 nitrogen and oxygen atoms in total. The van der Waals surface area contributed by atoms with Gasteiger partial charge in [-0.05, 0) is 13.8 Å². The third-order valence-corrected chi connectivity index (χ3v) is 2.81. The highest BCUT2D eigenvalue weighted by molar-refractivity contribution is 8.13. The lowest BCUT2D eigenvalue weighted by Gasteiger charge is -2.20. The predicted molar refractivity (Wildman–Crippen MR) is 68.0 cm³/mol. The Morgan fingerprint density at radius 3 is 2.69 bits per heavy atom. The minimum absolute atomic E-state index is 0. The van der Waals surface area contributed by atoms with Crippen LogP contribution in [0.4, 0.5) is 4.79 Å². The lowest BCUT2D eigenvalue weighted by Crippen LogP contribution is -2.47. The van der Waals surface area contributed by atoms with E-state index in [-0.39, 0.29) is 30.1 Å². The van der Waals surface area contributed by atoms with Crippen LogP contribution in [0.2, 0.25) is 0 Å². The van der Waals surface area contributed by atoms with Crippen molar-refractivity contribution in [3.05, 3.63) is 0 Å². The fourth-order valence-electron chi connectivity index (χ4n) is 1.12. The summed E-state index contributed by atoms with van der Waals surface area (Å²) in [6.07, 6.45) is 0. The number of thioether (sulfide) groups is 1. The molecule has 7 heteroatoms. The van der Waals surface area contributed by atoms with E-state index in [1.165, 1.54) is 11.8 Å². The van der Waals surface area contributed by atoms with E-state index in [1.54, 1.807) is 4.90 Å². The summed E-state index contributed by atoms with van der Waals surface area (Å²) in [6, 6.07) is 0. The monoisotopic (exact) mass is 267 g/mol. The van der Waals surface area contributed by atoms with E-state index >= 15 is 0 Å². The first-order chi connectivity index (χ1) is 6.88. The normalized spacial score (nSPS) is 15.9. The second-order valence-corrected chi connectivity index (χ2v) is 5.35. The number of rotatable bonds is 4. The summed E-state index contributed by atoms with van der Waals surface area (Å²) in [4.78, 5) is 24.2. The van der Waals surface area contributed by atoms with Crippen LogP contribution in [0.1, 0.15) is 13.8 Å². The molecule has 3 N–H and O–H groups in total. The largest absolute Gasteiger partial charge is 0.353 e. The summed E-state index contributed by atoms with van der Waals surface area (Å²) < 4.78 is 0. The lowest BCUT2D eigenvalue weighted by atomic mass is 10.1. The molecule has 2 amide bonds. The van der Waals surface area contributed by atoms with Gasteiger partial charge in [0.1, 0.15) is 6.54 Å². The third-order valence-electron chi connectivity index (χ3n) is 1.92. The van der Waals surface area contributed by atoms with E-state index in [1.807, 2.05) is 13.8 Å². The van der Waals surface area contributed by atoms with Crippen molar-refractivity contribution in [3.63, 3.8) is 0 Å². The molecule has 1 rings (SSSR count). The molecule has 0 saturated carbocycles. The van der Waals surface area contributed by atoms with Gasteiger partial charge in [0, 0.05) is 24.4 Å². The van der Waals surface area contributed by atoms with Crippen LogP contribution in [0.25, 0.3) is 0 Å². The van der Waals surface area contributed by atoms with Gasteiger partial charge in [0.15, 0.2) is 0 Å². The predicted octanol–water partition coefficient (Wildman–Crippen LogP) is 0.430. The summed E-state index contributed by atoms with van der Waals surface area (Å²) >= 11 is 1.25. The van der Waals surface area contributed by atoms with Gasteiger partial charge in [0.05, 0.1) is 0 Å². The number of hydrogen-bond donors (Lipinski definition) is 2. The molecule has 0 unspecified atom stereocenters. The highest BCUT2D eigenvalue weighted by Gasteiger charge is 2.23. The molecule has 94 valence electrons. The molecule has 0 radical (unpaired) electrons. The summed E-state index contributed by atoms with van der Waals surface area (Å²) in [5.41, 5.74) is 5.30. The molecule has 0 aromatic carbocycles. The van der Waals surface area contributed by atoms with Gasteiger partial charge < -0.3 is 16.0 Å². The van der Waals surface area contributed by atoms with Crippen molar-refractivity contribution in [2.75, 3.05) is 25.4 Å². The Morgan fingerprint density at radius 2 is 2.25 bits per heavy atom. The standard InChI is InChI=1S/C9H17N3O2S.ClH/c1-9(2,10)6-11-7(13)5-12-3-4-15-8(12)14;/h3-6,10H2,1-2H3,(H,11,13);1H. The fourth-order valence-corrected chi connectivity index (χ4v) is 1.95. The van der Waals surface area contributed by atoms with Crippen molar-refractivity contribution in [1.29, 1.82) is 0 Å². The Labute approximate surface area is 106 Å². The summed E-state index contributed by atoms with van der Waals surface area (Å²) in [5, 5.41) is 2.69. The second kappa shape index (κ2) is 6.32. The van der Waals surface area contributed by atoms with Gasteiger partial charge in [-0.1, -0.05) is 11.8 Å². The van der Waals surface area contributed by atoms with Crippen LogP contribution < -0.4 is 11.1 Å². The molecule has 0 aromatic heterocycles. The minimum Gasteiger partial charge on any atom is -0.353 e. The van der Waals surface area contributed by atoms with Gasteiger partial charge in [-0.2, -0.15) is 0 Å². The maximum absolute atomic E-state index is 11.4. The van der Waals surface area contributed by atoms with E-state index in [0.29, 0.717) is 13.1 Å². The van der Waals surface area contributed by atoms with Crippen LogP contribution in [-0.2, 0) is 4.79 Å². The number of hydrogen-bond acceptors (Lipinski definition) is 4. The number of nitrogens with one attached hydrogen (secondary N) is 1. The minimum atomic E-state index is -0.417. The van der Waals surface area contributed by atoms with Gasteiger partial charge in [-0.3, -0.25) is 9.59 Å². The molecule has 0 bridgehead atoms. The molecule has 0 aliphatic carbocycles. The molecule has 1 fully saturated rings. The zero-order valence-electron chi connectivity index (χ0n) is 9.49. The van der Waals surface area contributed by atoms with Crippen molar-refractivity contribution in [1.82, 2.24) is 10.2 Å². The van der Waals surface area contributed by atoms with Crippen molar-refractivity contribution in [3.8, 4) is 0 Å². The smallest absolute Gasteiger partial charge is 0.282 e. The number of carbonyl (C=O) groups excluding carboxylic acids is 2. The highest BCUT2D eigenvalue weighted by Crippen LogP contribution is 2.16. The average Bonchev–Trinajstić information content (AvgIpc) is 2.47. The molecule has 1 aliphatic heterocycles. The molecular weight excluding hydrogens is 250 g/mol. The van der Waals surface area contributed by atoms with Gasteiger partial charge in [0.25, 0.3) is 5.24 Å². The van der Waals surface area contributed by atoms with E-state index < -0.39 is 5.54 Å². The van der Waals surface area contributed by atoms with Crippen LogP contribution in [-0.4, -0.2) is 47.0 Å². The van der Waals surface area contributed by atoms with Crippen LogP contribution in [0.5, 0.6) is 0 Å². The van der Waals surface area contributed by atoms with Gasteiger partial charge in [0.2, 0.25) is 5.91 Å². The first-order valence-corrected chi connectivity index (χ1v) is 5.84. The molecule has 1 saturated heterocycles. The molecule has 0 atom stereocenters. The maximum atomic E-state index is 11.4. The molecule has 0 aromatic rings. The Bertz CT molecular complexity index is 268. The van der Waals surface area contributed by atoms with Crippen LogP contribution in [0.15, 0.2) is 0 Å². The zero-order chi connectivity index (χ0) is 11.5. The zero-order valence-corrected chi connectivity index (χ0v) is 11.1. The van der Waals surface area contributed by atoms with Crippen LogP contribution in [0.3, 0.4) is 0 Å². The van der Waals surface area contributed by atoms with E-state index in [4.69, 9.17) is 5.73 Å². The van der Waals surface area contributed by atoms with Crippen molar-refractivity contribution in [2.45, 2.75) is 19.4 Å². The molecule has 16 heavy (non-hydrogen) atoms. The van der Waals surface area contributed by atoms with E-state index in [2.05, 4.69) is 5.32 Å². The molecule has 1 aliphatic rings. The van der Waals surface area contributed by atoms with E-state index in [0.717, 1.165) is 5.75 Å². The lowest BCUT2D eigenvalue weighted by molar-refractivity contribution is -0.121. The topological polar surface area (TPSA) is 75.4 Å². The molecular formula is C9H18ClN3O2S. The summed E-state index contributed by atoms with van der Waals surface area (Å²) in [6.45, 7) is 4.89. The highest BCUT2D eigenvalue weighted by atomic mass is 35.5. The molecule has 0 spiro atoms. The number of carbonyl (C=O) groups is 2. The van der Waals surface area contributed by atoms with Gasteiger partial charge in [-0.25, -0.2) is 0 Å². The maximum Gasteiger partial charge on any atom is 0.282 e. The second-order valence-electron chi connectivity index (χ2n) is 4.30. The number of nitrogens with zero attached hydrogens (tertiary/aromatic N) is 1. The quantitative estimate of drug-likeness (QED) is 0.775. The van der Waals surface area contributed by atoms with Crippen molar-refractivity contribution >= 4 is 35.3 Å². The Balaban J connectivity index is 0.00000225. The van der Waals surface area contributed by atoms with Crippen LogP contribution in [0, 0.1) is 0 Å². The number of halogens is 1. The van der Waals surface area contributed by atoms with Crippen LogP contribution >= 0.6 is 24.2 Å². The fraction of sp³-hybridized carbons (Fsp3) is 0.778. The summed E-state index contributed by atoms with van der Waals surface area (Å²) in [7, 11) is 0. The number of nitrogens with two attached hydrogens (primary N) is 1. The van der Waals surface area contributed by atoms with Crippen molar-refractivity contribution < 1.29 is 9.59 Å². The average molecular weight is 268 g/mol. The summed E-state index contributed by atoms with van der Waals surface area (Å²) in [5.74, 6) is 0.624. The van der Waals surface area contributed by atoms with Gasteiger partial charge >= 0.3 is 0 Å². The first-order valence-electron chi connectivity index (χ1n) is 4.86. The Morgan fingerprint density at radius 1 is 1.62 bits per heavy atom. The Hall–Kier alpha value is -0.460. The van der Waals surface area contributed by atoms with Crippen molar-refractivity contribution in [2.24, 2.45) is 5.73 Å². The van der Waals surface area contributed by atoms with Gasteiger partial charge in [-0.15, -0.1) is 12.4 Å². The third kappa shape index (κ3) is 5.58.